The summed E-state index contributed by atoms with van der Waals surface area (Å²) in [6, 6.07) is 7.49. The van der Waals surface area contributed by atoms with Crippen molar-refractivity contribution in [2.75, 3.05) is 19.7 Å². The number of halogens is 1. The van der Waals surface area contributed by atoms with Crippen LogP contribution in [0.3, 0.4) is 0 Å². The van der Waals surface area contributed by atoms with Crippen LogP contribution in [0.2, 0.25) is 5.02 Å². The average Bonchev–Trinajstić information content (AvgIpc) is 2.47. The number of rotatable bonds is 5. The summed E-state index contributed by atoms with van der Waals surface area (Å²) in [4.78, 5) is 12.7. The van der Waals surface area contributed by atoms with Gasteiger partial charge in [0.15, 0.2) is 0 Å². The average molecular weight is 296 g/mol. The van der Waals surface area contributed by atoms with Gasteiger partial charge in [-0.05, 0) is 43.0 Å². The number of benzene rings is 1. The number of Topliss-reactive ketones (excluding diaryl/α,β-unsaturated/α-hetero) is 1. The van der Waals surface area contributed by atoms with Crippen molar-refractivity contribution in [2.24, 2.45) is 11.8 Å². The number of aliphatic hydroxyl groups is 1. The fourth-order valence-electron chi connectivity index (χ4n) is 2.99. The van der Waals surface area contributed by atoms with E-state index in [9.17, 15) is 4.79 Å². The zero-order chi connectivity index (χ0) is 14.5. The van der Waals surface area contributed by atoms with Crippen LogP contribution in [-0.2, 0) is 4.79 Å². The van der Waals surface area contributed by atoms with E-state index in [1.54, 1.807) is 0 Å². The minimum absolute atomic E-state index is 0.00146. The number of ketones is 1. The molecule has 4 heteroatoms. The molecule has 1 aliphatic heterocycles. The highest BCUT2D eigenvalue weighted by molar-refractivity contribution is 6.30. The summed E-state index contributed by atoms with van der Waals surface area (Å²) in [6.07, 6.45) is 1.68. The Hall–Kier alpha value is -0.900. The third-order valence-corrected chi connectivity index (χ3v) is 4.54. The fraction of sp³-hybridized carbons (Fsp3) is 0.562. The summed E-state index contributed by atoms with van der Waals surface area (Å²) in [5, 5.41) is 13.1. The van der Waals surface area contributed by atoms with Crippen LogP contribution in [0, 0.1) is 11.8 Å². The molecule has 1 fully saturated rings. The first-order chi connectivity index (χ1) is 9.63. The molecule has 1 saturated heterocycles. The molecule has 2 rings (SSSR count). The van der Waals surface area contributed by atoms with Gasteiger partial charge in [-0.15, -0.1) is 0 Å². The second-order valence-corrected chi connectivity index (χ2v) is 5.98. The first kappa shape index (κ1) is 15.5. The van der Waals surface area contributed by atoms with Gasteiger partial charge in [0.1, 0.15) is 5.78 Å². The molecule has 0 aromatic heterocycles. The Labute approximate surface area is 125 Å². The lowest BCUT2D eigenvalue weighted by Gasteiger charge is -2.32. The summed E-state index contributed by atoms with van der Waals surface area (Å²) in [6.45, 7) is 3.77. The zero-order valence-corrected chi connectivity index (χ0v) is 12.6. The van der Waals surface area contributed by atoms with Gasteiger partial charge in [-0.3, -0.25) is 4.79 Å². The van der Waals surface area contributed by atoms with Crippen LogP contribution >= 0.6 is 11.6 Å². The predicted molar refractivity (Wildman–Crippen MR) is 81.0 cm³/mol. The third kappa shape index (κ3) is 3.60. The van der Waals surface area contributed by atoms with E-state index >= 15 is 0 Å². The summed E-state index contributed by atoms with van der Waals surface area (Å²) < 4.78 is 0. The quantitative estimate of drug-likeness (QED) is 0.878. The SMILES string of the molecule is CC(C(=O)C1CNCCC1CCO)c1ccc(Cl)cc1. The maximum Gasteiger partial charge on any atom is 0.144 e. The third-order valence-electron chi connectivity index (χ3n) is 4.29. The van der Waals surface area contributed by atoms with Gasteiger partial charge in [0.05, 0.1) is 0 Å². The molecule has 20 heavy (non-hydrogen) atoms. The van der Waals surface area contributed by atoms with Crippen LogP contribution in [0.25, 0.3) is 0 Å². The van der Waals surface area contributed by atoms with Gasteiger partial charge in [-0.1, -0.05) is 30.7 Å². The monoisotopic (exact) mass is 295 g/mol. The van der Waals surface area contributed by atoms with Gasteiger partial charge >= 0.3 is 0 Å². The minimum Gasteiger partial charge on any atom is -0.396 e. The Balaban J connectivity index is 2.09. The van der Waals surface area contributed by atoms with Crippen molar-refractivity contribution in [1.82, 2.24) is 5.32 Å². The Morgan fingerprint density at radius 2 is 2.15 bits per heavy atom. The molecule has 1 aromatic rings. The Bertz CT molecular complexity index is 444. The molecule has 1 aliphatic rings. The second-order valence-electron chi connectivity index (χ2n) is 5.55. The molecule has 3 nitrogen and oxygen atoms in total. The van der Waals surface area contributed by atoms with E-state index in [1.165, 1.54) is 0 Å². The lowest BCUT2D eigenvalue weighted by Crippen LogP contribution is -2.42. The summed E-state index contributed by atoms with van der Waals surface area (Å²) in [7, 11) is 0. The summed E-state index contributed by atoms with van der Waals surface area (Å²) in [5.74, 6) is 0.432. The molecule has 1 heterocycles. The predicted octanol–water partition coefficient (Wildman–Crippen LogP) is 2.62. The number of hydrogen-bond acceptors (Lipinski definition) is 3. The van der Waals surface area contributed by atoms with E-state index in [-0.39, 0.29) is 24.2 Å². The van der Waals surface area contributed by atoms with Gasteiger partial charge in [-0.2, -0.15) is 0 Å². The number of carbonyl (C=O) groups is 1. The maximum atomic E-state index is 12.7. The number of carbonyl (C=O) groups excluding carboxylic acids is 1. The van der Waals surface area contributed by atoms with E-state index in [0.717, 1.165) is 25.1 Å². The molecule has 0 spiro atoms. The van der Waals surface area contributed by atoms with E-state index in [0.29, 0.717) is 17.4 Å². The second kappa shape index (κ2) is 7.21. The van der Waals surface area contributed by atoms with E-state index < -0.39 is 0 Å². The first-order valence-corrected chi connectivity index (χ1v) is 7.62. The van der Waals surface area contributed by atoms with E-state index in [4.69, 9.17) is 16.7 Å². The lowest BCUT2D eigenvalue weighted by molar-refractivity contribution is -0.126. The molecule has 0 amide bonds. The van der Waals surface area contributed by atoms with Crippen molar-refractivity contribution >= 4 is 17.4 Å². The van der Waals surface area contributed by atoms with Gasteiger partial charge in [-0.25, -0.2) is 0 Å². The number of nitrogens with one attached hydrogen (secondary N) is 1. The van der Waals surface area contributed by atoms with Crippen molar-refractivity contribution < 1.29 is 9.90 Å². The van der Waals surface area contributed by atoms with Gasteiger partial charge in [0, 0.05) is 30.0 Å². The van der Waals surface area contributed by atoms with Crippen LogP contribution in [0.15, 0.2) is 24.3 Å². The summed E-state index contributed by atoms with van der Waals surface area (Å²) >= 11 is 5.89. The van der Waals surface area contributed by atoms with Crippen LogP contribution in [-0.4, -0.2) is 30.6 Å². The van der Waals surface area contributed by atoms with Crippen LogP contribution in [0.5, 0.6) is 0 Å². The normalized spacial score (nSPS) is 24.4. The largest absolute Gasteiger partial charge is 0.396 e. The van der Waals surface area contributed by atoms with Crippen molar-refractivity contribution in [3.05, 3.63) is 34.9 Å². The molecule has 3 atom stereocenters. The lowest BCUT2D eigenvalue weighted by atomic mass is 9.77. The van der Waals surface area contributed by atoms with E-state index in [2.05, 4.69) is 5.32 Å². The van der Waals surface area contributed by atoms with Crippen molar-refractivity contribution in [3.63, 3.8) is 0 Å². The molecular weight excluding hydrogens is 274 g/mol. The molecule has 0 bridgehead atoms. The molecule has 110 valence electrons. The number of hydrogen-bond donors (Lipinski definition) is 2. The molecule has 2 N–H and O–H groups in total. The fourth-order valence-corrected chi connectivity index (χ4v) is 3.12. The Morgan fingerprint density at radius 1 is 1.45 bits per heavy atom. The maximum absolute atomic E-state index is 12.7. The van der Waals surface area contributed by atoms with Gasteiger partial charge < -0.3 is 10.4 Å². The van der Waals surface area contributed by atoms with Crippen molar-refractivity contribution in [1.29, 1.82) is 0 Å². The smallest absolute Gasteiger partial charge is 0.144 e. The van der Waals surface area contributed by atoms with Crippen molar-refractivity contribution in [2.45, 2.75) is 25.7 Å². The first-order valence-electron chi connectivity index (χ1n) is 7.24. The van der Waals surface area contributed by atoms with Crippen LogP contribution in [0.1, 0.15) is 31.2 Å². The molecular formula is C16H22ClNO2. The Kier molecular flexibility index (Phi) is 5.58. The minimum atomic E-state index is -0.127. The van der Waals surface area contributed by atoms with Crippen molar-refractivity contribution in [3.8, 4) is 0 Å². The topological polar surface area (TPSA) is 49.3 Å². The molecule has 0 aliphatic carbocycles. The van der Waals surface area contributed by atoms with E-state index in [1.807, 2.05) is 31.2 Å². The molecule has 0 radical (unpaired) electrons. The van der Waals surface area contributed by atoms with Gasteiger partial charge in [0.25, 0.3) is 0 Å². The number of aliphatic hydroxyl groups excluding tert-OH is 1. The van der Waals surface area contributed by atoms with Crippen LogP contribution in [0.4, 0.5) is 0 Å². The highest BCUT2D eigenvalue weighted by Crippen LogP contribution is 2.29. The van der Waals surface area contributed by atoms with Crippen LogP contribution < -0.4 is 5.32 Å². The van der Waals surface area contributed by atoms with Gasteiger partial charge in [0.2, 0.25) is 0 Å². The molecule has 3 unspecified atom stereocenters. The molecule has 1 aromatic carbocycles. The number of piperidine rings is 1. The standard InChI is InChI=1S/C16H22ClNO2/c1-11(12-2-4-14(17)5-3-12)16(20)15-10-18-8-6-13(15)7-9-19/h2-5,11,13,15,18-19H,6-10H2,1H3. The highest BCUT2D eigenvalue weighted by atomic mass is 35.5. The summed E-state index contributed by atoms with van der Waals surface area (Å²) in [5.41, 5.74) is 1.01. The molecule has 0 saturated carbocycles. The Morgan fingerprint density at radius 3 is 2.80 bits per heavy atom. The zero-order valence-electron chi connectivity index (χ0n) is 11.8. The highest BCUT2D eigenvalue weighted by Gasteiger charge is 2.33.